The van der Waals surface area contributed by atoms with Gasteiger partial charge >= 0.3 is 0 Å². The fourth-order valence-corrected chi connectivity index (χ4v) is 7.17. The maximum atomic E-state index is 13.8. The van der Waals surface area contributed by atoms with Crippen LogP contribution in [-0.4, -0.2) is 36.7 Å². The van der Waals surface area contributed by atoms with E-state index in [1.165, 1.54) is 15.6 Å². The minimum atomic E-state index is -3.59. The molecule has 3 heterocycles. The lowest BCUT2D eigenvalue weighted by molar-refractivity contribution is -0.123. The molecule has 9 heteroatoms. The highest BCUT2D eigenvalue weighted by atomic mass is 32.2. The predicted octanol–water partition coefficient (Wildman–Crippen LogP) is 5.45. The number of anilines is 1. The van der Waals surface area contributed by atoms with Gasteiger partial charge in [-0.3, -0.25) is 9.69 Å². The van der Waals surface area contributed by atoms with Crippen LogP contribution in [0, 0.1) is 26.7 Å². The summed E-state index contributed by atoms with van der Waals surface area (Å²) in [6.07, 6.45) is 2.52. The van der Waals surface area contributed by atoms with E-state index in [-0.39, 0.29) is 23.3 Å². The number of aromatic nitrogens is 1. The first-order valence-electron chi connectivity index (χ1n) is 12.0. The van der Waals surface area contributed by atoms with Crippen molar-refractivity contribution in [3.63, 3.8) is 0 Å². The Morgan fingerprint density at radius 1 is 1.06 bits per heavy atom. The minimum Gasteiger partial charge on any atom is -0.467 e. The summed E-state index contributed by atoms with van der Waals surface area (Å²) in [5.74, 6) is 0.335. The number of piperidine rings is 1. The van der Waals surface area contributed by atoms with E-state index in [0.29, 0.717) is 36.8 Å². The molecule has 0 radical (unpaired) electrons. The smallest absolute Gasteiger partial charge is 0.243 e. The maximum Gasteiger partial charge on any atom is 0.243 e. The third-order valence-electron chi connectivity index (χ3n) is 6.78. The number of aryl methyl sites for hydroxylation is 3. The van der Waals surface area contributed by atoms with E-state index >= 15 is 0 Å². The summed E-state index contributed by atoms with van der Waals surface area (Å²) in [4.78, 5) is 20.7. The monoisotopic (exact) mass is 523 g/mol. The summed E-state index contributed by atoms with van der Waals surface area (Å²) in [7, 11) is -3.59. The Hall–Kier alpha value is -3.01. The highest BCUT2D eigenvalue weighted by Crippen LogP contribution is 2.35. The van der Waals surface area contributed by atoms with Gasteiger partial charge in [0, 0.05) is 19.0 Å². The quantitative estimate of drug-likeness (QED) is 0.336. The fourth-order valence-electron chi connectivity index (χ4n) is 4.58. The summed E-state index contributed by atoms with van der Waals surface area (Å²) in [6.45, 7) is 6.89. The van der Waals surface area contributed by atoms with Gasteiger partial charge in [-0.1, -0.05) is 41.2 Å². The zero-order chi connectivity index (χ0) is 25.4. The molecule has 0 saturated carbocycles. The van der Waals surface area contributed by atoms with Crippen LogP contribution < -0.4 is 4.90 Å². The predicted molar refractivity (Wildman–Crippen MR) is 142 cm³/mol. The van der Waals surface area contributed by atoms with E-state index in [1.54, 1.807) is 41.5 Å². The number of amides is 1. The van der Waals surface area contributed by atoms with Gasteiger partial charge in [-0.25, -0.2) is 13.4 Å². The average molecular weight is 524 g/mol. The van der Waals surface area contributed by atoms with Crippen molar-refractivity contribution in [2.24, 2.45) is 5.92 Å². The number of rotatable bonds is 6. The molecule has 7 nitrogen and oxygen atoms in total. The van der Waals surface area contributed by atoms with Crippen LogP contribution in [0.25, 0.3) is 10.2 Å². The second-order valence-electron chi connectivity index (χ2n) is 9.37. The molecule has 36 heavy (non-hydrogen) atoms. The summed E-state index contributed by atoms with van der Waals surface area (Å²) in [5, 5.41) is 0.638. The molecule has 2 aromatic heterocycles. The van der Waals surface area contributed by atoms with E-state index in [9.17, 15) is 13.2 Å². The highest BCUT2D eigenvalue weighted by Gasteiger charge is 2.35. The summed E-state index contributed by atoms with van der Waals surface area (Å²) >= 11 is 1.51. The first-order valence-corrected chi connectivity index (χ1v) is 14.3. The molecule has 1 saturated heterocycles. The standard InChI is InChI=1S/C27H29N3O4S2/c1-18-6-10-23(11-7-18)36(32,33)29-14-12-21(13-15-29)26(31)30(17-22-5-4-16-34-22)27-28-24-19(2)8-9-20(3)25(24)35-27/h4-11,16,21H,12-15,17H2,1-3H3. The molecule has 0 atom stereocenters. The molecule has 0 spiro atoms. The summed E-state index contributed by atoms with van der Waals surface area (Å²) < 4.78 is 34.3. The van der Waals surface area contributed by atoms with Crippen molar-refractivity contribution in [1.82, 2.24) is 9.29 Å². The van der Waals surface area contributed by atoms with Gasteiger partial charge in [0.2, 0.25) is 15.9 Å². The lowest BCUT2D eigenvalue weighted by atomic mass is 9.96. The van der Waals surface area contributed by atoms with Gasteiger partial charge in [-0.05, 0) is 69.0 Å². The average Bonchev–Trinajstić information content (AvgIpc) is 3.56. The molecule has 0 unspecified atom stereocenters. The SMILES string of the molecule is Cc1ccc(S(=O)(=O)N2CCC(C(=O)N(Cc3ccco3)c3nc4c(C)ccc(C)c4s3)CC2)cc1. The van der Waals surface area contributed by atoms with Crippen molar-refractivity contribution in [1.29, 1.82) is 0 Å². The Labute approximate surface area is 215 Å². The van der Waals surface area contributed by atoms with Crippen LogP contribution >= 0.6 is 11.3 Å². The lowest BCUT2D eigenvalue weighted by Crippen LogP contribution is -2.44. The Morgan fingerprint density at radius 2 is 1.75 bits per heavy atom. The maximum absolute atomic E-state index is 13.8. The third kappa shape index (κ3) is 4.70. The molecule has 1 aliphatic heterocycles. The molecule has 1 amide bonds. The minimum absolute atomic E-state index is 0.0480. The molecule has 2 aromatic carbocycles. The van der Waals surface area contributed by atoms with E-state index in [2.05, 4.69) is 6.07 Å². The fraction of sp³-hybridized carbons (Fsp3) is 0.333. The Morgan fingerprint density at radius 3 is 2.39 bits per heavy atom. The van der Waals surface area contributed by atoms with Gasteiger partial charge < -0.3 is 4.42 Å². The largest absolute Gasteiger partial charge is 0.467 e. The van der Waals surface area contributed by atoms with Crippen molar-refractivity contribution < 1.29 is 17.6 Å². The number of hydrogen-bond donors (Lipinski definition) is 0. The molecule has 1 fully saturated rings. The van der Waals surface area contributed by atoms with E-state index < -0.39 is 10.0 Å². The Kier molecular flexibility index (Phi) is 6.72. The van der Waals surface area contributed by atoms with E-state index in [1.807, 2.05) is 32.9 Å². The number of carbonyl (C=O) groups excluding carboxylic acids is 1. The molecule has 0 aliphatic carbocycles. The van der Waals surface area contributed by atoms with Crippen LogP contribution in [0.1, 0.15) is 35.3 Å². The number of furan rings is 1. The van der Waals surface area contributed by atoms with Crippen LogP contribution in [0.2, 0.25) is 0 Å². The summed E-state index contributed by atoms with van der Waals surface area (Å²) in [6, 6.07) is 14.7. The van der Waals surface area contributed by atoms with Crippen LogP contribution in [0.15, 0.2) is 64.1 Å². The first-order chi connectivity index (χ1) is 17.2. The highest BCUT2D eigenvalue weighted by molar-refractivity contribution is 7.89. The van der Waals surface area contributed by atoms with Gasteiger partial charge in [0.25, 0.3) is 0 Å². The normalized spacial score (nSPS) is 15.4. The van der Waals surface area contributed by atoms with Crippen LogP contribution in [0.4, 0.5) is 5.13 Å². The molecular formula is C27H29N3O4S2. The number of hydrogen-bond acceptors (Lipinski definition) is 6. The molecule has 188 valence electrons. The van der Waals surface area contributed by atoms with Crippen molar-refractivity contribution in [3.05, 3.63) is 77.2 Å². The molecule has 1 aliphatic rings. The second-order valence-corrected chi connectivity index (χ2v) is 12.3. The van der Waals surface area contributed by atoms with Gasteiger partial charge in [0.05, 0.1) is 27.9 Å². The zero-order valence-electron chi connectivity index (χ0n) is 20.6. The van der Waals surface area contributed by atoms with Crippen molar-refractivity contribution in [2.45, 2.75) is 45.1 Å². The number of fused-ring (bicyclic) bond motifs is 1. The van der Waals surface area contributed by atoms with E-state index in [0.717, 1.165) is 26.9 Å². The zero-order valence-corrected chi connectivity index (χ0v) is 22.2. The lowest BCUT2D eigenvalue weighted by Gasteiger charge is -2.32. The molecule has 0 bridgehead atoms. The van der Waals surface area contributed by atoms with Crippen molar-refractivity contribution in [3.8, 4) is 0 Å². The van der Waals surface area contributed by atoms with Crippen LogP contribution in [0.3, 0.4) is 0 Å². The number of nitrogens with zero attached hydrogens (tertiary/aromatic N) is 3. The van der Waals surface area contributed by atoms with Crippen molar-refractivity contribution >= 4 is 42.6 Å². The second kappa shape index (κ2) is 9.80. The van der Waals surface area contributed by atoms with Gasteiger partial charge in [-0.2, -0.15) is 4.31 Å². The Balaban J connectivity index is 1.38. The molecule has 4 aromatic rings. The molecule has 0 N–H and O–H groups in total. The van der Waals surface area contributed by atoms with Gasteiger partial charge in [0.15, 0.2) is 5.13 Å². The third-order valence-corrected chi connectivity index (χ3v) is 9.91. The molecular weight excluding hydrogens is 494 g/mol. The Bertz CT molecular complexity index is 1450. The number of benzene rings is 2. The van der Waals surface area contributed by atoms with Crippen LogP contribution in [0.5, 0.6) is 0 Å². The number of thiazole rings is 1. The first kappa shape index (κ1) is 24.7. The number of carbonyl (C=O) groups is 1. The topological polar surface area (TPSA) is 83.7 Å². The van der Waals surface area contributed by atoms with Gasteiger partial charge in [-0.15, -0.1) is 0 Å². The van der Waals surface area contributed by atoms with Crippen LogP contribution in [-0.2, 0) is 21.4 Å². The van der Waals surface area contributed by atoms with Gasteiger partial charge in [0.1, 0.15) is 5.76 Å². The summed E-state index contributed by atoms with van der Waals surface area (Å²) in [5.41, 5.74) is 4.11. The number of sulfonamides is 1. The molecule has 5 rings (SSSR count). The van der Waals surface area contributed by atoms with E-state index in [4.69, 9.17) is 9.40 Å². The van der Waals surface area contributed by atoms with Crippen molar-refractivity contribution in [2.75, 3.05) is 18.0 Å².